The molecule has 0 unspecified atom stereocenters. The van der Waals surface area contributed by atoms with Gasteiger partial charge in [0.25, 0.3) is 0 Å². The Balaban J connectivity index is 1.95. The summed E-state index contributed by atoms with van der Waals surface area (Å²) in [6.45, 7) is 1.40. The molecular formula is C12H12Cl2N2O. The predicted octanol–water partition coefficient (Wildman–Crippen LogP) is 3.46. The number of hydrogen-bond donors (Lipinski definition) is 2. The molecule has 0 amide bonds. The van der Waals surface area contributed by atoms with Crippen molar-refractivity contribution in [2.24, 2.45) is 0 Å². The summed E-state index contributed by atoms with van der Waals surface area (Å²) in [4.78, 5) is 0. The fourth-order valence-electron chi connectivity index (χ4n) is 1.48. The monoisotopic (exact) mass is 270 g/mol. The van der Waals surface area contributed by atoms with Crippen LogP contribution in [0.2, 0.25) is 10.0 Å². The molecule has 0 saturated carbocycles. The van der Waals surface area contributed by atoms with E-state index in [2.05, 4.69) is 5.32 Å². The van der Waals surface area contributed by atoms with Gasteiger partial charge in [0.2, 0.25) is 0 Å². The Labute approximate surface area is 110 Å². The Morgan fingerprint density at radius 2 is 1.76 bits per heavy atom. The second-order valence-corrected chi connectivity index (χ2v) is 4.52. The maximum Gasteiger partial charge on any atom is 0.0947 e. The lowest BCUT2D eigenvalue weighted by Gasteiger charge is -2.07. The van der Waals surface area contributed by atoms with Crippen molar-refractivity contribution < 1.29 is 4.42 Å². The quantitative estimate of drug-likeness (QED) is 0.837. The summed E-state index contributed by atoms with van der Waals surface area (Å²) in [5.74, 6) is 0. The van der Waals surface area contributed by atoms with E-state index in [0.29, 0.717) is 22.3 Å². The summed E-state index contributed by atoms with van der Waals surface area (Å²) in [6.07, 6.45) is 3.35. The van der Waals surface area contributed by atoms with Gasteiger partial charge in [0.1, 0.15) is 0 Å². The van der Waals surface area contributed by atoms with Gasteiger partial charge in [0.15, 0.2) is 0 Å². The summed E-state index contributed by atoms with van der Waals surface area (Å²) in [7, 11) is 0. The number of nitrogen functional groups attached to an aromatic ring is 1. The standard InChI is InChI=1S/C12H12Cl2N2O/c13-10-3-9(4-11(14)12(10)15)6-16-5-8-1-2-17-7-8/h1-4,7,16H,5-6,15H2. The molecule has 0 fully saturated rings. The first-order valence-electron chi connectivity index (χ1n) is 5.12. The fraction of sp³-hybridized carbons (Fsp3) is 0.167. The third-order valence-electron chi connectivity index (χ3n) is 2.38. The number of nitrogens with two attached hydrogens (primary N) is 1. The number of anilines is 1. The van der Waals surface area contributed by atoms with Crippen LogP contribution in [-0.4, -0.2) is 0 Å². The van der Waals surface area contributed by atoms with Crippen LogP contribution in [0.25, 0.3) is 0 Å². The van der Waals surface area contributed by atoms with Gasteiger partial charge in [-0.25, -0.2) is 0 Å². The molecule has 17 heavy (non-hydrogen) atoms. The molecule has 0 aliphatic rings. The number of rotatable bonds is 4. The second-order valence-electron chi connectivity index (χ2n) is 3.71. The van der Waals surface area contributed by atoms with Gasteiger partial charge in [0.05, 0.1) is 28.3 Å². The smallest absolute Gasteiger partial charge is 0.0947 e. The molecule has 0 bridgehead atoms. The first kappa shape index (κ1) is 12.3. The van der Waals surface area contributed by atoms with Crippen LogP contribution in [0.4, 0.5) is 5.69 Å². The van der Waals surface area contributed by atoms with Crippen LogP contribution < -0.4 is 11.1 Å². The maximum absolute atomic E-state index is 5.95. The van der Waals surface area contributed by atoms with Gasteiger partial charge in [-0.1, -0.05) is 23.2 Å². The van der Waals surface area contributed by atoms with E-state index in [1.807, 2.05) is 18.2 Å². The van der Waals surface area contributed by atoms with Crippen LogP contribution in [0, 0.1) is 0 Å². The highest BCUT2D eigenvalue weighted by atomic mass is 35.5. The zero-order chi connectivity index (χ0) is 12.3. The number of hydrogen-bond acceptors (Lipinski definition) is 3. The van der Waals surface area contributed by atoms with Crippen molar-refractivity contribution in [2.75, 3.05) is 5.73 Å². The van der Waals surface area contributed by atoms with E-state index in [0.717, 1.165) is 17.7 Å². The highest BCUT2D eigenvalue weighted by Crippen LogP contribution is 2.28. The molecule has 0 aliphatic carbocycles. The minimum absolute atomic E-state index is 0.423. The Kier molecular flexibility index (Phi) is 3.94. The van der Waals surface area contributed by atoms with Crippen molar-refractivity contribution in [3.8, 4) is 0 Å². The van der Waals surface area contributed by atoms with Crippen LogP contribution in [0.5, 0.6) is 0 Å². The van der Waals surface area contributed by atoms with Gasteiger partial charge >= 0.3 is 0 Å². The van der Waals surface area contributed by atoms with Crippen molar-refractivity contribution in [1.29, 1.82) is 0 Å². The van der Waals surface area contributed by atoms with E-state index in [4.69, 9.17) is 33.4 Å². The van der Waals surface area contributed by atoms with Gasteiger partial charge in [-0.2, -0.15) is 0 Å². The molecule has 1 heterocycles. The molecule has 0 saturated heterocycles. The Hall–Kier alpha value is -1.16. The molecule has 3 N–H and O–H groups in total. The SMILES string of the molecule is Nc1c(Cl)cc(CNCc2ccoc2)cc1Cl. The lowest BCUT2D eigenvalue weighted by atomic mass is 10.2. The van der Waals surface area contributed by atoms with Crippen LogP contribution in [0.1, 0.15) is 11.1 Å². The fourth-order valence-corrected chi connectivity index (χ4v) is 2.02. The van der Waals surface area contributed by atoms with Gasteiger partial charge in [0, 0.05) is 18.7 Å². The van der Waals surface area contributed by atoms with Crippen molar-refractivity contribution >= 4 is 28.9 Å². The van der Waals surface area contributed by atoms with Crippen molar-refractivity contribution in [1.82, 2.24) is 5.32 Å². The van der Waals surface area contributed by atoms with Gasteiger partial charge in [-0.3, -0.25) is 0 Å². The molecule has 0 radical (unpaired) electrons. The minimum Gasteiger partial charge on any atom is -0.472 e. The summed E-state index contributed by atoms with van der Waals surface area (Å²) < 4.78 is 4.97. The summed E-state index contributed by atoms with van der Waals surface area (Å²) >= 11 is 11.9. The molecule has 1 aromatic heterocycles. The Bertz CT molecular complexity index is 474. The minimum atomic E-state index is 0.423. The lowest BCUT2D eigenvalue weighted by molar-refractivity contribution is 0.560. The topological polar surface area (TPSA) is 51.2 Å². The maximum atomic E-state index is 5.95. The van der Waals surface area contributed by atoms with E-state index in [-0.39, 0.29) is 0 Å². The van der Waals surface area contributed by atoms with E-state index in [1.54, 1.807) is 12.5 Å². The first-order valence-corrected chi connectivity index (χ1v) is 5.87. The van der Waals surface area contributed by atoms with Crippen LogP contribution in [-0.2, 0) is 13.1 Å². The van der Waals surface area contributed by atoms with E-state index >= 15 is 0 Å². The molecule has 3 nitrogen and oxygen atoms in total. The van der Waals surface area contributed by atoms with E-state index < -0.39 is 0 Å². The van der Waals surface area contributed by atoms with E-state index in [1.165, 1.54) is 0 Å². The van der Waals surface area contributed by atoms with Crippen LogP contribution >= 0.6 is 23.2 Å². The molecule has 5 heteroatoms. The lowest BCUT2D eigenvalue weighted by Crippen LogP contribution is -2.12. The number of nitrogens with one attached hydrogen (secondary N) is 1. The van der Waals surface area contributed by atoms with E-state index in [9.17, 15) is 0 Å². The predicted molar refractivity (Wildman–Crippen MR) is 70.1 cm³/mol. The second kappa shape index (κ2) is 5.45. The molecular weight excluding hydrogens is 259 g/mol. The first-order chi connectivity index (χ1) is 8.16. The average molecular weight is 271 g/mol. The Morgan fingerprint density at radius 3 is 2.35 bits per heavy atom. The molecule has 0 aliphatic heterocycles. The Morgan fingerprint density at radius 1 is 1.12 bits per heavy atom. The van der Waals surface area contributed by atoms with Gasteiger partial charge < -0.3 is 15.5 Å². The average Bonchev–Trinajstić information content (AvgIpc) is 2.79. The zero-order valence-electron chi connectivity index (χ0n) is 9.04. The molecule has 0 atom stereocenters. The number of halogens is 2. The molecule has 1 aromatic carbocycles. The largest absolute Gasteiger partial charge is 0.472 e. The number of furan rings is 1. The van der Waals surface area contributed by atoms with Crippen molar-refractivity contribution in [2.45, 2.75) is 13.1 Å². The highest BCUT2D eigenvalue weighted by molar-refractivity contribution is 6.38. The third kappa shape index (κ3) is 3.16. The molecule has 2 aromatic rings. The van der Waals surface area contributed by atoms with Gasteiger partial charge in [-0.15, -0.1) is 0 Å². The number of benzene rings is 1. The summed E-state index contributed by atoms with van der Waals surface area (Å²) in [5, 5.41) is 4.23. The zero-order valence-corrected chi connectivity index (χ0v) is 10.6. The highest BCUT2D eigenvalue weighted by Gasteiger charge is 2.04. The molecule has 90 valence electrons. The van der Waals surface area contributed by atoms with Crippen molar-refractivity contribution in [3.63, 3.8) is 0 Å². The van der Waals surface area contributed by atoms with Crippen molar-refractivity contribution in [3.05, 3.63) is 51.9 Å². The molecule has 2 rings (SSSR count). The summed E-state index contributed by atoms with van der Waals surface area (Å²) in [5.41, 5.74) is 8.18. The third-order valence-corrected chi connectivity index (χ3v) is 3.00. The normalized spacial score (nSPS) is 10.7. The van der Waals surface area contributed by atoms with Crippen LogP contribution in [0.15, 0.2) is 35.1 Å². The van der Waals surface area contributed by atoms with Gasteiger partial charge in [-0.05, 0) is 23.8 Å². The summed E-state index contributed by atoms with van der Waals surface area (Å²) in [6, 6.07) is 5.53. The molecule has 0 spiro atoms. The van der Waals surface area contributed by atoms with Crippen LogP contribution in [0.3, 0.4) is 0 Å².